The van der Waals surface area contributed by atoms with Gasteiger partial charge in [0.25, 0.3) is 12.3 Å². The molecule has 0 saturated carbocycles. The second kappa shape index (κ2) is 7.54. The lowest BCUT2D eigenvalue weighted by Crippen LogP contribution is -2.28. The SMILES string of the molecule is O=C(NCCOCC(F)F)c1ccccc1I. The van der Waals surface area contributed by atoms with Crippen molar-refractivity contribution < 1.29 is 18.3 Å². The lowest BCUT2D eigenvalue weighted by molar-refractivity contribution is 0.0188. The molecule has 3 nitrogen and oxygen atoms in total. The van der Waals surface area contributed by atoms with Gasteiger partial charge in [0, 0.05) is 10.1 Å². The van der Waals surface area contributed by atoms with Crippen LogP contribution in [0, 0.1) is 3.57 Å². The molecule has 0 bridgehead atoms. The number of carbonyl (C=O) groups is 1. The van der Waals surface area contributed by atoms with Crippen LogP contribution in [0.1, 0.15) is 10.4 Å². The van der Waals surface area contributed by atoms with Crippen molar-refractivity contribution in [2.75, 3.05) is 19.8 Å². The van der Waals surface area contributed by atoms with Crippen molar-refractivity contribution in [1.29, 1.82) is 0 Å². The minimum Gasteiger partial charge on any atom is -0.374 e. The molecule has 1 amide bonds. The minimum absolute atomic E-state index is 0.0828. The van der Waals surface area contributed by atoms with Crippen LogP contribution in [0.3, 0.4) is 0 Å². The maximum Gasteiger partial charge on any atom is 0.261 e. The van der Waals surface area contributed by atoms with E-state index in [0.717, 1.165) is 3.57 Å². The molecule has 0 radical (unpaired) electrons. The molecule has 1 aromatic rings. The van der Waals surface area contributed by atoms with Crippen LogP contribution in [0.2, 0.25) is 0 Å². The largest absolute Gasteiger partial charge is 0.374 e. The smallest absolute Gasteiger partial charge is 0.261 e. The Morgan fingerprint density at radius 3 is 2.76 bits per heavy atom. The van der Waals surface area contributed by atoms with Gasteiger partial charge in [-0.2, -0.15) is 0 Å². The molecule has 0 aliphatic heterocycles. The summed E-state index contributed by atoms with van der Waals surface area (Å²) in [5.41, 5.74) is 0.571. The summed E-state index contributed by atoms with van der Waals surface area (Å²) in [6.07, 6.45) is -2.47. The normalized spacial score (nSPS) is 10.6. The molecule has 0 atom stereocenters. The second-order valence-corrected chi connectivity index (χ2v) is 4.36. The molecule has 0 aliphatic rings. The topological polar surface area (TPSA) is 38.3 Å². The van der Waals surface area contributed by atoms with Gasteiger partial charge in [0.2, 0.25) is 0 Å². The van der Waals surface area contributed by atoms with Gasteiger partial charge in [0.1, 0.15) is 6.61 Å². The molecule has 0 fully saturated rings. The van der Waals surface area contributed by atoms with Gasteiger partial charge >= 0.3 is 0 Å². The Morgan fingerprint density at radius 2 is 2.12 bits per heavy atom. The maximum absolute atomic E-state index is 11.7. The van der Waals surface area contributed by atoms with Gasteiger partial charge in [-0.1, -0.05) is 12.1 Å². The van der Waals surface area contributed by atoms with Gasteiger partial charge in [-0.25, -0.2) is 8.78 Å². The standard InChI is InChI=1S/C11H12F2INO2/c12-10(13)7-17-6-5-15-11(16)8-3-1-2-4-9(8)14/h1-4,10H,5-7H2,(H,15,16). The van der Waals surface area contributed by atoms with E-state index in [4.69, 9.17) is 0 Å². The highest BCUT2D eigenvalue weighted by atomic mass is 127. The van der Waals surface area contributed by atoms with Gasteiger partial charge in [0.05, 0.1) is 12.2 Å². The van der Waals surface area contributed by atoms with Crippen LogP contribution < -0.4 is 5.32 Å². The molecule has 6 heteroatoms. The molecule has 0 aromatic heterocycles. The van der Waals surface area contributed by atoms with E-state index in [1.54, 1.807) is 12.1 Å². The first-order valence-electron chi connectivity index (χ1n) is 5.00. The first-order chi connectivity index (χ1) is 8.11. The highest BCUT2D eigenvalue weighted by Crippen LogP contribution is 2.10. The van der Waals surface area contributed by atoms with E-state index < -0.39 is 13.0 Å². The molecule has 0 unspecified atom stereocenters. The van der Waals surface area contributed by atoms with Crippen molar-refractivity contribution in [1.82, 2.24) is 5.32 Å². The number of hydrogen-bond donors (Lipinski definition) is 1. The van der Waals surface area contributed by atoms with Crippen LogP contribution in [-0.4, -0.2) is 32.1 Å². The van der Waals surface area contributed by atoms with E-state index in [0.29, 0.717) is 5.56 Å². The third-order valence-electron chi connectivity index (χ3n) is 1.89. The van der Waals surface area contributed by atoms with Crippen molar-refractivity contribution >= 4 is 28.5 Å². The molecule has 1 N–H and O–H groups in total. The average molecular weight is 355 g/mol. The summed E-state index contributed by atoms with van der Waals surface area (Å²) in [4.78, 5) is 11.6. The number of carbonyl (C=O) groups excluding carboxylic acids is 1. The zero-order chi connectivity index (χ0) is 12.7. The van der Waals surface area contributed by atoms with Gasteiger partial charge in [-0.3, -0.25) is 4.79 Å². The number of halogens is 3. The highest BCUT2D eigenvalue weighted by Gasteiger charge is 2.08. The van der Waals surface area contributed by atoms with Gasteiger partial charge in [-0.05, 0) is 34.7 Å². The molecular weight excluding hydrogens is 343 g/mol. The fourth-order valence-electron chi connectivity index (χ4n) is 1.15. The molecule has 0 spiro atoms. The summed E-state index contributed by atoms with van der Waals surface area (Å²) in [5.74, 6) is -0.226. The van der Waals surface area contributed by atoms with E-state index in [1.807, 2.05) is 12.1 Å². The quantitative estimate of drug-likeness (QED) is 0.628. The number of hydrogen-bond acceptors (Lipinski definition) is 2. The lowest BCUT2D eigenvalue weighted by Gasteiger charge is -2.07. The monoisotopic (exact) mass is 355 g/mol. The van der Waals surface area contributed by atoms with Crippen molar-refractivity contribution in [2.24, 2.45) is 0 Å². The van der Waals surface area contributed by atoms with E-state index in [1.165, 1.54) is 0 Å². The Hall–Kier alpha value is -0.760. The van der Waals surface area contributed by atoms with Crippen LogP contribution in [0.5, 0.6) is 0 Å². The second-order valence-electron chi connectivity index (χ2n) is 3.20. The van der Waals surface area contributed by atoms with Crippen molar-refractivity contribution in [3.8, 4) is 0 Å². The van der Waals surface area contributed by atoms with E-state index in [-0.39, 0.29) is 19.1 Å². The van der Waals surface area contributed by atoms with Crippen LogP contribution in [0.4, 0.5) is 8.78 Å². The number of rotatable bonds is 6. The highest BCUT2D eigenvalue weighted by molar-refractivity contribution is 14.1. The number of nitrogens with one attached hydrogen (secondary N) is 1. The Labute approximate surface area is 112 Å². The summed E-state index contributed by atoms with van der Waals surface area (Å²) in [6.45, 7) is -0.297. The number of amides is 1. The number of ether oxygens (including phenoxy) is 1. The number of benzene rings is 1. The summed E-state index contributed by atoms with van der Waals surface area (Å²) in [6, 6.07) is 7.13. The van der Waals surface area contributed by atoms with E-state index in [9.17, 15) is 13.6 Å². The molecule has 0 saturated heterocycles. The molecule has 94 valence electrons. The summed E-state index contributed by atoms with van der Waals surface area (Å²) in [7, 11) is 0. The fraction of sp³-hybridized carbons (Fsp3) is 0.364. The van der Waals surface area contributed by atoms with Crippen LogP contribution in [0.15, 0.2) is 24.3 Å². The third-order valence-corrected chi connectivity index (χ3v) is 2.83. The van der Waals surface area contributed by atoms with Gasteiger partial charge < -0.3 is 10.1 Å². The van der Waals surface area contributed by atoms with Crippen LogP contribution in [0.25, 0.3) is 0 Å². The first-order valence-corrected chi connectivity index (χ1v) is 6.07. The fourth-order valence-corrected chi connectivity index (χ4v) is 1.78. The molecule has 1 rings (SSSR count). The maximum atomic E-state index is 11.7. The zero-order valence-corrected chi connectivity index (χ0v) is 11.1. The zero-order valence-electron chi connectivity index (χ0n) is 8.96. The molecule has 1 aromatic carbocycles. The molecule has 0 heterocycles. The van der Waals surface area contributed by atoms with Crippen LogP contribution >= 0.6 is 22.6 Å². The Kier molecular flexibility index (Phi) is 6.35. The number of alkyl halides is 2. The predicted molar refractivity (Wildman–Crippen MR) is 68.3 cm³/mol. The van der Waals surface area contributed by atoms with Crippen LogP contribution in [-0.2, 0) is 4.74 Å². The Morgan fingerprint density at radius 1 is 1.41 bits per heavy atom. The van der Waals surface area contributed by atoms with Crippen molar-refractivity contribution in [3.63, 3.8) is 0 Å². The predicted octanol–water partition coefficient (Wildman–Crippen LogP) is 2.30. The Balaban J connectivity index is 2.29. The summed E-state index contributed by atoms with van der Waals surface area (Å²) >= 11 is 2.06. The molecular formula is C11H12F2INO2. The third kappa shape index (κ3) is 5.40. The lowest BCUT2D eigenvalue weighted by atomic mass is 10.2. The molecule has 0 aliphatic carbocycles. The van der Waals surface area contributed by atoms with Crippen molar-refractivity contribution in [3.05, 3.63) is 33.4 Å². The van der Waals surface area contributed by atoms with E-state index in [2.05, 4.69) is 32.6 Å². The Bertz CT molecular complexity index is 374. The van der Waals surface area contributed by atoms with Crippen molar-refractivity contribution in [2.45, 2.75) is 6.43 Å². The minimum atomic E-state index is -2.47. The van der Waals surface area contributed by atoms with E-state index >= 15 is 0 Å². The first kappa shape index (κ1) is 14.3. The molecule has 17 heavy (non-hydrogen) atoms. The summed E-state index contributed by atoms with van der Waals surface area (Å²) < 4.78 is 28.9. The van der Waals surface area contributed by atoms with Gasteiger partial charge in [0.15, 0.2) is 0 Å². The van der Waals surface area contributed by atoms with Gasteiger partial charge in [-0.15, -0.1) is 0 Å². The summed E-state index contributed by atoms with van der Waals surface area (Å²) in [5, 5.41) is 2.60. The average Bonchev–Trinajstić information content (AvgIpc) is 2.28.